The molecule has 0 saturated heterocycles. The van der Waals surface area contributed by atoms with Crippen LogP contribution in [-0.4, -0.2) is 0 Å². The van der Waals surface area contributed by atoms with Gasteiger partial charge in [-0.1, -0.05) is 172 Å². The maximum atomic E-state index is 6.91. The molecule has 1 aromatic heterocycles. The number of rotatable bonds is 8. The topological polar surface area (TPSA) is 19.6 Å². The summed E-state index contributed by atoms with van der Waals surface area (Å²) in [5, 5.41) is 4.38. The smallest absolute Gasteiger partial charge is 0.143 e. The Labute approximate surface area is 373 Å². The van der Waals surface area contributed by atoms with E-state index in [2.05, 4.69) is 254 Å². The van der Waals surface area contributed by atoms with E-state index in [0.29, 0.717) is 0 Å². The Morgan fingerprint density at radius 3 is 1.56 bits per heavy atom. The van der Waals surface area contributed by atoms with E-state index >= 15 is 0 Å². The molecule has 10 aromatic carbocycles. The fourth-order valence-corrected chi connectivity index (χ4v) is 10.1. The van der Waals surface area contributed by atoms with Gasteiger partial charge >= 0.3 is 0 Å². The SMILES string of the molecule is CC1(C)c2ccccc2-c2ccc(N(c3ccc(-c4ccccc4)cc3)c3cc4c(oc5cccc(-c6ccc(N(c7ccccc7)c7ccccc7)cc6)c54)c4ccccc34)cc21. The van der Waals surface area contributed by atoms with E-state index < -0.39 is 0 Å². The summed E-state index contributed by atoms with van der Waals surface area (Å²) in [5.41, 5.74) is 18.2. The second kappa shape index (κ2) is 15.0. The Kier molecular flexibility index (Phi) is 8.84. The number of anilines is 6. The third-order valence-electron chi connectivity index (χ3n) is 13.2. The lowest BCUT2D eigenvalue weighted by Crippen LogP contribution is -2.16. The fourth-order valence-electron chi connectivity index (χ4n) is 10.1. The van der Waals surface area contributed by atoms with Crippen LogP contribution in [0.15, 0.2) is 235 Å². The van der Waals surface area contributed by atoms with E-state index in [1.807, 2.05) is 0 Å². The monoisotopic (exact) mass is 820 g/mol. The van der Waals surface area contributed by atoms with Crippen molar-refractivity contribution in [2.24, 2.45) is 0 Å². The molecule has 3 heteroatoms. The van der Waals surface area contributed by atoms with Crippen LogP contribution in [0.2, 0.25) is 0 Å². The fraction of sp³-hybridized carbons (Fsp3) is 0.0492. The van der Waals surface area contributed by atoms with Gasteiger partial charge in [-0.05, 0) is 117 Å². The second-order valence-electron chi connectivity index (χ2n) is 17.3. The molecule has 64 heavy (non-hydrogen) atoms. The first-order valence-corrected chi connectivity index (χ1v) is 22.1. The van der Waals surface area contributed by atoms with Crippen LogP contribution >= 0.6 is 0 Å². The average molecular weight is 821 g/mol. The first-order chi connectivity index (χ1) is 31.5. The Bertz CT molecular complexity index is 3460. The van der Waals surface area contributed by atoms with Gasteiger partial charge in [0.05, 0.1) is 5.69 Å². The van der Waals surface area contributed by atoms with E-state index in [4.69, 9.17) is 4.42 Å². The van der Waals surface area contributed by atoms with Gasteiger partial charge < -0.3 is 14.2 Å². The molecule has 0 radical (unpaired) electrons. The van der Waals surface area contributed by atoms with Crippen molar-refractivity contribution in [2.45, 2.75) is 19.3 Å². The van der Waals surface area contributed by atoms with Crippen LogP contribution in [0.4, 0.5) is 34.1 Å². The van der Waals surface area contributed by atoms with E-state index in [1.165, 1.54) is 33.4 Å². The zero-order valence-corrected chi connectivity index (χ0v) is 35.7. The summed E-state index contributed by atoms with van der Waals surface area (Å²) in [6, 6.07) is 83.2. The number of hydrogen-bond donors (Lipinski definition) is 0. The highest BCUT2D eigenvalue weighted by Crippen LogP contribution is 2.52. The van der Waals surface area contributed by atoms with Gasteiger partial charge in [0.2, 0.25) is 0 Å². The van der Waals surface area contributed by atoms with Crippen molar-refractivity contribution in [2.75, 3.05) is 9.80 Å². The minimum Gasteiger partial charge on any atom is -0.455 e. The predicted octanol–water partition coefficient (Wildman–Crippen LogP) is 17.3. The number of benzene rings is 10. The lowest BCUT2D eigenvalue weighted by molar-refractivity contribution is 0.660. The van der Waals surface area contributed by atoms with Crippen LogP contribution in [0.25, 0.3) is 66.1 Å². The van der Waals surface area contributed by atoms with E-state index in [0.717, 1.165) is 78.0 Å². The van der Waals surface area contributed by atoms with Gasteiger partial charge in [0.25, 0.3) is 0 Å². The minimum absolute atomic E-state index is 0.152. The molecule has 0 unspecified atom stereocenters. The molecule has 0 spiro atoms. The number of furan rings is 1. The summed E-state index contributed by atoms with van der Waals surface area (Å²) in [7, 11) is 0. The van der Waals surface area contributed by atoms with E-state index in [1.54, 1.807) is 0 Å². The quantitative estimate of drug-likeness (QED) is 0.152. The summed E-state index contributed by atoms with van der Waals surface area (Å²) in [6.45, 7) is 4.71. The lowest BCUT2D eigenvalue weighted by Gasteiger charge is -2.29. The van der Waals surface area contributed by atoms with Crippen molar-refractivity contribution in [3.63, 3.8) is 0 Å². The maximum Gasteiger partial charge on any atom is 0.143 e. The van der Waals surface area contributed by atoms with Gasteiger partial charge in [-0.25, -0.2) is 0 Å². The maximum absolute atomic E-state index is 6.91. The first kappa shape index (κ1) is 37.6. The van der Waals surface area contributed by atoms with Gasteiger partial charge in [0, 0.05) is 55.4 Å². The van der Waals surface area contributed by atoms with Crippen molar-refractivity contribution in [1.29, 1.82) is 0 Å². The zero-order valence-electron chi connectivity index (χ0n) is 35.7. The van der Waals surface area contributed by atoms with Crippen LogP contribution < -0.4 is 9.80 Å². The number of fused-ring (bicyclic) bond motifs is 8. The highest BCUT2D eigenvalue weighted by atomic mass is 16.3. The molecular weight excluding hydrogens is 777 g/mol. The summed E-state index contributed by atoms with van der Waals surface area (Å²) >= 11 is 0. The normalized spacial score (nSPS) is 12.7. The molecule has 0 aliphatic heterocycles. The highest BCUT2D eigenvalue weighted by molar-refractivity contribution is 6.22. The molecule has 0 bridgehead atoms. The molecule has 0 atom stereocenters. The van der Waals surface area contributed by atoms with E-state index in [9.17, 15) is 0 Å². The van der Waals surface area contributed by atoms with Crippen molar-refractivity contribution in [3.8, 4) is 33.4 Å². The third kappa shape index (κ3) is 6.12. The van der Waals surface area contributed by atoms with E-state index in [-0.39, 0.29) is 5.41 Å². The predicted molar refractivity (Wildman–Crippen MR) is 269 cm³/mol. The second-order valence-corrected chi connectivity index (χ2v) is 17.3. The Balaban J connectivity index is 1.05. The molecule has 1 heterocycles. The largest absolute Gasteiger partial charge is 0.455 e. The Hall–Kier alpha value is -8.14. The molecule has 0 saturated carbocycles. The summed E-state index contributed by atoms with van der Waals surface area (Å²) in [4.78, 5) is 4.75. The van der Waals surface area contributed by atoms with Crippen molar-refractivity contribution in [1.82, 2.24) is 0 Å². The minimum atomic E-state index is -0.152. The van der Waals surface area contributed by atoms with Gasteiger partial charge in [-0.3, -0.25) is 0 Å². The molecule has 12 rings (SSSR count). The number of nitrogens with zero attached hydrogens (tertiary/aromatic N) is 2. The van der Waals surface area contributed by atoms with Crippen LogP contribution in [0.3, 0.4) is 0 Å². The zero-order chi connectivity index (χ0) is 42.8. The average Bonchev–Trinajstić information content (AvgIpc) is 3.85. The molecule has 0 N–H and O–H groups in total. The standard InChI is InChI=1S/C61H44N2O/c1-61(2)55-27-15-14-23-50(55)51-38-37-48(39-56(51)61)63(47-33-29-42(30-34-47)41-17-6-3-7-18-41)57-40-54-59-49(26-16-28-58(59)64-60(54)53-25-13-12-24-52(53)57)43-31-35-46(36-32-43)62(44-19-8-4-9-20-44)45-21-10-5-11-22-45/h3-40H,1-2H3. The third-order valence-corrected chi connectivity index (χ3v) is 13.2. The van der Waals surface area contributed by atoms with Crippen LogP contribution in [0.1, 0.15) is 25.0 Å². The molecule has 3 nitrogen and oxygen atoms in total. The number of para-hydroxylation sites is 2. The first-order valence-electron chi connectivity index (χ1n) is 22.1. The lowest BCUT2D eigenvalue weighted by atomic mass is 9.82. The molecule has 1 aliphatic rings. The van der Waals surface area contributed by atoms with Gasteiger partial charge in [0.1, 0.15) is 11.2 Å². The van der Waals surface area contributed by atoms with Crippen molar-refractivity contribution >= 4 is 66.8 Å². The highest BCUT2D eigenvalue weighted by Gasteiger charge is 2.36. The Morgan fingerprint density at radius 1 is 0.344 bits per heavy atom. The molecular formula is C61H44N2O. The van der Waals surface area contributed by atoms with Gasteiger partial charge in [-0.15, -0.1) is 0 Å². The van der Waals surface area contributed by atoms with Crippen LogP contribution in [0, 0.1) is 0 Å². The van der Waals surface area contributed by atoms with Crippen molar-refractivity contribution < 1.29 is 4.42 Å². The summed E-state index contributed by atoms with van der Waals surface area (Å²) in [5.74, 6) is 0. The van der Waals surface area contributed by atoms with Gasteiger partial charge in [-0.2, -0.15) is 0 Å². The van der Waals surface area contributed by atoms with Crippen LogP contribution in [-0.2, 0) is 5.41 Å². The summed E-state index contributed by atoms with van der Waals surface area (Å²) < 4.78 is 6.91. The Morgan fingerprint density at radius 2 is 0.859 bits per heavy atom. The molecule has 0 fully saturated rings. The van der Waals surface area contributed by atoms with Crippen LogP contribution in [0.5, 0.6) is 0 Å². The van der Waals surface area contributed by atoms with Gasteiger partial charge in [0.15, 0.2) is 0 Å². The summed E-state index contributed by atoms with van der Waals surface area (Å²) in [6.07, 6.45) is 0. The molecule has 1 aliphatic carbocycles. The number of hydrogen-bond acceptors (Lipinski definition) is 3. The molecule has 11 aromatic rings. The van der Waals surface area contributed by atoms with Crippen molar-refractivity contribution in [3.05, 3.63) is 242 Å². The molecule has 0 amide bonds. The molecule has 304 valence electrons.